The Morgan fingerprint density at radius 3 is 2.67 bits per heavy atom. The van der Waals surface area contributed by atoms with Crippen LogP contribution in [0.2, 0.25) is 0 Å². The second-order valence-corrected chi connectivity index (χ2v) is 5.73. The third-order valence-corrected chi connectivity index (χ3v) is 3.68. The fourth-order valence-corrected chi connectivity index (χ4v) is 2.46. The average molecular weight is 186 g/mol. The van der Waals surface area contributed by atoms with Crippen molar-refractivity contribution in [1.82, 2.24) is 4.90 Å². The van der Waals surface area contributed by atoms with Crippen LogP contribution >= 0.6 is 11.8 Å². The van der Waals surface area contributed by atoms with Crippen molar-refractivity contribution < 1.29 is 0 Å². The summed E-state index contributed by atoms with van der Waals surface area (Å²) in [6, 6.07) is 0. The SMILES string of the molecule is CC(=N)N1CCSC(C)(C)CC1. The van der Waals surface area contributed by atoms with E-state index in [-0.39, 0.29) is 0 Å². The Bertz CT molecular complexity index is 177. The molecule has 12 heavy (non-hydrogen) atoms. The molecule has 1 rings (SSSR count). The van der Waals surface area contributed by atoms with E-state index in [9.17, 15) is 0 Å². The summed E-state index contributed by atoms with van der Waals surface area (Å²) in [5.74, 6) is 1.87. The van der Waals surface area contributed by atoms with Crippen LogP contribution < -0.4 is 0 Å². The van der Waals surface area contributed by atoms with E-state index in [2.05, 4.69) is 18.7 Å². The fraction of sp³-hybridized carbons (Fsp3) is 0.889. The van der Waals surface area contributed by atoms with Gasteiger partial charge in [-0.1, -0.05) is 13.8 Å². The molecular weight excluding hydrogens is 168 g/mol. The van der Waals surface area contributed by atoms with Crippen LogP contribution in [0.4, 0.5) is 0 Å². The minimum Gasteiger partial charge on any atom is -0.360 e. The smallest absolute Gasteiger partial charge is 0.0926 e. The van der Waals surface area contributed by atoms with Crippen molar-refractivity contribution in [1.29, 1.82) is 5.41 Å². The summed E-state index contributed by atoms with van der Waals surface area (Å²) in [6.07, 6.45) is 1.19. The van der Waals surface area contributed by atoms with E-state index < -0.39 is 0 Å². The van der Waals surface area contributed by atoms with Gasteiger partial charge in [0.2, 0.25) is 0 Å². The van der Waals surface area contributed by atoms with E-state index in [1.165, 1.54) is 6.42 Å². The summed E-state index contributed by atoms with van der Waals surface area (Å²) in [7, 11) is 0. The molecule has 1 aliphatic heterocycles. The Morgan fingerprint density at radius 1 is 1.42 bits per heavy atom. The Hall–Kier alpha value is -0.180. The molecular formula is C9H18N2S. The van der Waals surface area contributed by atoms with E-state index in [0.29, 0.717) is 10.6 Å². The van der Waals surface area contributed by atoms with Crippen molar-refractivity contribution in [3.63, 3.8) is 0 Å². The minimum absolute atomic E-state index is 0.407. The molecule has 1 saturated heterocycles. The number of nitrogens with one attached hydrogen (secondary N) is 1. The molecule has 2 nitrogen and oxygen atoms in total. The van der Waals surface area contributed by atoms with E-state index in [0.717, 1.165) is 18.8 Å². The number of nitrogens with zero attached hydrogens (tertiary/aromatic N) is 1. The molecule has 70 valence electrons. The summed E-state index contributed by atoms with van der Waals surface area (Å²) in [5, 5.41) is 7.53. The summed E-state index contributed by atoms with van der Waals surface area (Å²) in [4.78, 5) is 2.17. The Balaban J connectivity index is 2.50. The number of rotatable bonds is 0. The van der Waals surface area contributed by atoms with Gasteiger partial charge in [0.15, 0.2) is 0 Å². The number of hydrogen-bond acceptors (Lipinski definition) is 2. The number of hydrogen-bond donors (Lipinski definition) is 1. The molecule has 1 aliphatic rings. The predicted molar refractivity (Wildman–Crippen MR) is 56.1 cm³/mol. The van der Waals surface area contributed by atoms with Crippen molar-refractivity contribution in [3.05, 3.63) is 0 Å². The zero-order valence-electron chi connectivity index (χ0n) is 8.18. The van der Waals surface area contributed by atoms with Crippen LogP contribution in [-0.4, -0.2) is 34.3 Å². The minimum atomic E-state index is 0.407. The van der Waals surface area contributed by atoms with Gasteiger partial charge in [-0.3, -0.25) is 5.41 Å². The van der Waals surface area contributed by atoms with Crippen LogP contribution in [0, 0.1) is 5.41 Å². The van der Waals surface area contributed by atoms with E-state index in [1.54, 1.807) is 0 Å². The third-order valence-electron chi connectivity index (χ3n) is 2.31. The van der Waals surface area contributed by atoms with E-state index >= 15 is 0 Å². The first-order valence-corrected chi connectivity index (χ1v) is 5.44. The molecule has 0 bridgehead atoms. The van der Waals surface area contributed by atoms with Crippen molar-refractivity contribution in [3.8, 4) is 0 Å². The van der Waals surface area contributed by atoms with Gasteiger partial charge in [-0.15, -0.1) is 0 Å². The number of amidine groups is 1. The lowest BCUT2D eigenvalue weighted by molar-refractivity contribution is 0.418. The van der Waals surface area contributed by atoms with Gasteiger partial charge in [-0.25, -0.2) is 0 Å². The van der Waals surface area contributed by atoms with Crippen LogP contribution in [0.3, 0.4) is 0 Å². The van der Waals surface area contributed by atoms with Gasteiger partial charge in [-0.05, 0) is 13.3 Å². The highest BCUT2D eigenvalue weighted by Gasteiger charge is 2.23. The molecule has 0 aliphatic carbocycles. The van der Waals surface area contributed by atoms with Crippen LogP contribution in [0.25, 0.3) is 0 Å². The zero-order valence-corrected chi connectivity index (χ0v) is 9.00. The topological polar surface area (TPSA) is 27.1 Å². The molecule has 0 amide bonds. The van der Waals surface area contributed by atoms with Crippen LogP contribution in [0.1, 0.15) is 27.2 Å². The molecule has 0 aromatic rings. The van der Waals surface area contributed by atoms with Crippen LogP contribution in [-0.2, 0) is 0 Å². The maximum atomic E-state index is 7.53. The van der Waals surface area contributed by atoms with E-state index in [4.69, 9.17) is 5.41 Å². The van der Waals surface area contributed by atoms with Gasteiger partial charge in [0.1, 0.15) is 0 Å². The van der Waals surface area contributed by atoms with Gasteiger partial charge in [0, 0.05) is 23.6 Å². The van der Waals surface area contributed by atoms with Gasteiger partial charge in [0.05, 0.1) is 5.84 Å². The highest BCUT2D eigenvalue weighted by atomic mass is 32.2. The van der Waals surface area contributed by atoms with Gasteiger partial charge in [0.25, 0.3) is 0 Å². The predicted octanol–water partition coefficient (Wildman–Crippen LogP) is 2.20. The van der Waals surface area contributed by atoms with Crippen LogP contribution in [0.5, 0.6) is 0 Å². The molecule has 0 atom stereocenters. The summed E-state index contributed by atoms with van der Waals surface area (Å²) in [6.45, 7) is 8.56. The zero-order chi connectivity index (χ0) is 9.19. The molecule has 0 radical (unpaired) electrons. The monoisotopic (exact) mass is 186 g/mol. The maximum absolute atomic E-state index is 7.53. The second kappa shape index (κ2) is 3.69. The molecule has 0 saturated carbocycles. The Morgan fingerprint density at radius 2 is 2.08 bits per heavy atom. The highest BCUT2D eigenvalue weighted by Crippen LogP contribution is 2.30. The molecule has 3 heteroatoms. The van der Waals surface area contributed by atoms with Crippen LogP contribution in [0.15, 0.2) is 0 Å². The number of thioether (sulfide) groups is 1. The molecule has 0 unspecified atom stereocenters. The van der Waals surface area contributed by atoms with Gasteiger partial charge < -0.3 is 4.90 Å². The van der Waals surface area contributed by atoms with Gasteiger partial charge >= 0.3 is 0 Å². The van der Waals surface area contributed by atoms with E-state index in [1.807, 2.05) is 18.7 Å². The summed E-state index contributed by atoms with van der Waals surface area (Å²) >= 11 is 2.02. The molecule has 0 aromatic carbocycles. The lowest BCUT2D eigenvalue weighted by atomic mass is 10.1. The molecule has 1 N–H and O–H groups in total. The fourth-order valence-electron chi connectivity index (χ4n) is 1.36. The average Bonchev–Trinajstić information content (AvgIpc) is 2.10. The standard InChI is InChI=1S/C9H18N2S/c1-8(10)11-5-4-9(2,3)12-7-6-11/h10H,4-7H2,1-3H3. The third kappa shape index (κ3) is 2.70. The van der Waals surface area contributed by atoms with Crippen molar-refractivity contribution in [2.45, 2.75) is 31.9 Å². The lowest BCUT2D eigenvalue weighted by Gasteiger charge is -2.22. The quantitative estimate of drug-likeness (QED) is 0.464. The first-order valence-electron chi connectivity index (χ1n) is 4.45. The highest BCUT2D eigenvalue weighted by molar-refractivity contribution is 8.00. The normalized spacial score (nSPS) is 23.4. The first-order chi connectivity index (χ1) is 5.51. The largest absolute Gasteiger partial charge is 0.360 e. The molecule has 0 spiro atoms. The second-order valence-electron chi connectivity index (χ2n) is 3.93. The maximum Gasteiger partial charge on any atom is 0.0926 e. The van der Waals surface area contributed by atoms with Crippen molar-refractivity contribution >= 4 is 17.6 Å². The van der Waals surface area contributed by atoms with Crippen molar-refractivity contribution in [2.75, 3.05) is 18.8 Å². The Kier molecular flexibility index (Phi) is 3.04. The lowest BCUT2D eigenvalue weighted by Crippen LogP contribution is -2.31. The Labute approximate surface area is 79.2 Å². The summed E-state index contributed by atoms with van der Waals surface area (Å²) < 4.78 is 0.407. The summed E-state index contributed by atoms with van der Waals surface area (Å²) in [5.41, 5.74) is 0. The molecule has 0 aromatic heterocycles. The molecule has 1 fully saturated rings. The van der Waals surface area contributed by atoms with Crippen molar-refractivity contribution in [2.24, 2.45) is 0 Å². The van der Waals surface area contributed by atoms with Gasteiger partial charge in [-0.2, -0.15) is 11.8 Å². The molecule has 1 heterocycles. The first kappa shape index (κ1) is 9.90.